The van der Waals surface area contributed by atoms with Crippen molar-refractivity contribution in [3.05, 3.63) is 41.1 Å². The zero-order chi connectivity index (χ0) is 14.9. The van der Waals surface area contributed by atoms with E-state index in [-0.39, 0.29) is 0 Å². The maximum Gasteiger partial charge on any atom is 0.243 e. The third-order valence-electron chi connectivity index (χ3n) is 3.63. The number of thiophene rings is 1. The van der Waals surface area contributed by atoms with Crippen LogP contribution in [0.1, 0.15) is 0 Å². The summed E-state index contributed by atoms with van der Waals surface area (Å²) in [5.41, 5.74) is 7.69. The second kappa shape index (κ2) is 5.67. The highest BCUT2D eigenvalue weighted by Crippen LogP contribution is 2.29. The Morgan fingerprint density at radius 3 is 2.24 bits per heavy atom. The van der Waals surface area contributed by atoms with E-state index in [2.05, 4.69) is 4.90 Å². The Balaban J connectivity index is 1.73. The first-order chi connectivity index (χ1) is 10.1. The van der Waals surface area contributed by atoms with E-state index >= 15 is 0 Å². The van der Waals surface area contributed by atoms with Gasteiger partial charge < -0.3 is 10.6 Å². The number of nitrogens with zero attached hydrogens (tertiary/aromatic N) is 2. The molecule has 0 amide bonds. The average Bonchev–Trinajstić information content (AvgIpc) is 2.94. The minimum absolute atomic E-state index is 0.355. The van der Waals surface area contributed by atoms with E-state index in [1.165, 1.54) is 0 Å². The molecule has 0 saturated carbocycles. The topological polar surface area (TPSA) is 66.6 Å². The molecule has 0 spiro atoms. The summed E-state index contributed by atoms with van der Waals surface area (Å²) in [6.45, 7) is 2.28. The van der Waals surface area contributed by atoms with Crippen LogP contribution in [0.3, 0.4) is 0 Å². The average molecular weight is 323 g/mol. The van der Waals surface area contributed by atoms with Crippen LogP contribution in [-0.2, 0) is 10.0 Å². The summed E-state index contributed by atoms with van der Waals surface area (Å²) >= 11 is 1.56. The molecule has 1 saturated heterocycles. The number of anilines is 2. The summed E-state index contributed by atoms with van der Waals surface area (Å²) in [7, 11) is -3.39. The van der Waals surface area contributed by atoms with Crippen LogP contribution in [0.25, 0.3) is 0 Å². The lowest BCUT2D eigenvalue weighted by molar-refractivity contribution is 0.385. The second-order valence-electron chi connectivity index (χ2n) is 4.92. The molecule has 7 heteroatoms. The van der Waals surface area contributed by atoms with Crippen LogP contribution in [0.15, 0.2) is 46.0 Å². The number of nitrogens with two attached hydrogens (primary N) is 1. The van der Waals surface area contributed by atoms with Crippen LogP contribution in [-0.4, -0.2) is 38.9 Å². The van der Waals surface area contributed by atoms with E-state index in [4.69, 9.17) is 5.73 Å². The van der Waals surface area contributed by atoms with Crippen molar-refractivity contribution in [2.45, 2.75) is 4.90 Å². The zero-order valence-electron chi connectivity index (χ0n) is 11.5. The van der Waals surface area contributed by atoms with Gasteiger partial charge in [-0.05, 0) is 12.1 Å². The van der Waals surface area contributed by atoms with Gasteiger partial charge in [0.05, 0.1) is 16.3 Å². The molecule has 0 aliphatic carbocycles. The molecule has 1 aliphatic rings. The molecule has 21 heavy (non-hydrogen) atoms. The maximum atomic E-state index is 12.5. The highest BCUT2D eigenvalue weighted by atomic mass is 32.2. The normalized spacial score (nSPS) is 17.0. The fourth-order valence-corrected chi connectivity index (χ4v) is 4.66. The number of piperazine rings is 1. The van der Waals surface area contributed by atoms with Gasteiger partial charge in [-0.2, -0.15) is 4.31 Å². The lowest BCUT2D eigenvalue weighted by Gasteiger charge is -2.35. The molecule has 2 N–H and O–H groups in total. The zero-order valence-corrected chi connectivity index (χ0v) is 13.1. The molecule has 3 rings (SSSR count). The SMILES string of the molecule is Nc1cscc1N1CCN(S(=O)(=O)c2ccccc2)CC1. The Morgan fingerprint density at radius 2 is 1.67 bits per heavy atom. The van der Waals surface area contributed by atoms with Crippen molar-refractivity contribution in [1.29, 1.82) is 0 Å². The molecule has 112 valence electrons. The van der Waals surface area contributed by atoms with Gasteiger partial charge in [-0.25, -0.2) is 8.42 Å². The second-order valence-corrected chi connectivity index (χ2v) is 7.60. The number of hydrogen-bond donors (Lipinski definition) is 1. The van der Waals surface area contributed by atoms with Gasteiger partial charge in [0.1, 0.15) is 0 Å². The Labute approximate surface area is 128 Å². The van der Waals surface area contributed by atoms with Gasteiger partial charge in [0.15, 0.2) is 0 Å². The Morgan fingerprint density at radius 1 is 1.00 bits per heavy atom. The predicted molar refractivity (Wildman–Crippen MR) is 86.1 cm³/mol. The van der Waals surface area contributed by atoms with E-state index in [1.54, 1.807) is 39.9 Å². The number of benzene rings is 1. The largest absolute Gasteiger partial charge is 0.396 e. The first-order valence-electron chi connectivity index (χ1n) is 6.71. The van der Waals surface area contributed by atoms with Crippen LogP contribution in [0, 0.1) is 0 Å². The quantitative estimate of drug-likeness (QED) is 0.936. The molecular weight excluding hydrogens is 306 g/mol. The van der Waals surface area contributed by atoms with Gasteiger partial charge in [0, 0.05) is 36.9 Å². The van der Waals surface area contributed by atoms with Crippen molar-refractivity contribution in [3.63, 3.8) is 0 Å². The summed E-state index contributed by atoms with van der Waals surface area (Å²) in [6.07, 6.45) is 0. The summed E-state index contributed by atoms with van der Waals surface area (Å²) in [5, 5.41) is 3.92. The molecule has 0 bridgehead atoms. The molecule has 1 fully saturated rings. The number of hydrogen-bond acceptors (Lipinski definition) is 5. The highest BCUT2D eigenvalue weighted by Gasteiger charge is 2.28. The summed E-state index contributed by atoms with van der Waals surface area (Å²) in [5.74, 6) is 0. The van der Waals surface area contributed by atoms with E-state index in [0.29, 0.717) is 31.1 Å². The van der Waals surface area contributed by atoms with E-state index in [9.17, 15) is 8.42 Å². The van der Waals surface area contributed by atoms with Crippen LogP contribution in [0.4, 0.5) is 11.4 Å². The Hall–Kier alpha value is -1.57. The van der Waals surface area contributed by atoms with Gasteiger partial charge in [-0.15, -0.1) is 11.3 Å². The number of rotatable bonds is 3. The third-order valence-corrected chi connectivity index (χ3v) is 6.29. The molecule has 0 unspecified atom stereocenters. The van der Waals surface area contributed by atoms with Gasteiger partial charge in [0.2, 0.25) is 10.0 Å². The molecule has 5 nitrogen and oxygen atoms in total. The summed E-state index contributed by atoms with van der Waals surface area (Å²) in [4.78, 5) is 2.50. The Bertz CT molecular complexity index is 705. The van der Waals surface area contributed by atoms with Gasteiger partial charge >= 0.3 is 0 Å². The lowest BCUT2D eigenvalue weighted by atomic mass is 10.3. The van der Waals surface area contributed by atoms with Crippen LogP contribution in [0.2, 0.25) is 0 Å². The first kappa shape index (κ1) is 14.4. The van der Waals surface area contributed by atoms with Crippen LogP contribution in [0.5, 0.6) is 0 Å². The minimum Gasteiger partial charge on any atom is -0.396 e. The predicted octanol–water partition coefficient (Wildman–Crippen LogP) is 1.84. The van der Waals surface area contributed by atoms with E-state index in [1.807, 2.05) is 16.8 Å². The first-order valence-corrected chi connectivity index (χ1v) is 9.09. The molecule has 1 aliphatic heterocycles. The molecule has 2 aromatic rings. The molecular formula is C14H17N3O2S2. The van der Waals surface area contributed by atoms with Gasteiger partial charge in [0.25, 0.3) is 0 Å². The van der Waals surface area contributed by atoms with Crippen LogP contribution < -0.4 is 10.6 Å². The summed E-state index contributed by atoms with van der Waals surface area (Å²) in [6, 6.07) is 8.58. The smallest absolute Gasteiger partial charge is 0.243 e. The number of sulfonamides is 1. The molecule has 0 atom stereocenters. The van der Waals surface area contributed by atoms with Crippen molar-refractivity contribution >= 4 is 32.7 Å². The van der Waals surface area contributed by atoms with Crippen molar-refractivity contribution < 1.29 is 8.42 Å². The minimum atomic E-state index is -3.39. The van der Waals surface area contributed by atoms with Crippen molar-refractivity contribution in [3.8, 4) is 0 Å². The van der Waals surface area contributed by atoms with Crippen molar-refractivity contribution in [2.75, 3.05) is 36.8 Å². The molecule has 2 heterocycles. The monoisotopic (exact) mass is 323 g/mol. The van der Waals surface area contributed by atoms with Gasteiger partial charge in [-0.1, -0.05) is 18.2 Å². The van der Waals surface area contributed by atoms with E-state index < -0.39 is 10.0 Å². The lowest BCUT2D eigenvalue weighted by Crippen LogP contribution is -2.48. The fraction of sp³-hybridized carbons (Fsp3) is 0.286. The standard InChI is InChI=1S/C14H17N3O2S2/c15-13-10-20-11-14(13)16-6-8-17(9-7-16)21(18,19)12-4-2-1-3-5-12/h1-5,10-11H,6-9,15H2. The molecule has 1 aromatic heterocycles. The van der Waals surface area contributed by atoms with Gasteiger partial charge in [-0.3, -0.25) is 0 Å². The van der Waals surface area contributed by atoms with Crippen LogP contribution >= 0.6 is 11.3 Å². The van der Waals surface area contributed by atoms with Crippen molar-refractivity contribution in [2.24, 2.45) is 0 Å². The fourth-order valence-electron chi connectivity index (χ4n) is 2.47. The highest BCUT2D eigenvalue weighted by molar-refractivity contribution is 7.89. The van der Waals surface area contributed by atoms with Crippen molar-refractivity contribution in [1.82, 2.24) is 4.31 Å². The third kappa shape index (κ3) is 2.76. The molecule has 1 aromatic carbocycles. The summed E-state index contributed by atoms with van der Waals surface area (Å²) < 4.78 is 26.6. The van der Waals surface area contributed by atoms with E-state index in [0.717, 1.165) is 11.4 Å². The molecule has 0 radical (unpaired) electrons. The Kier molecular flexibility index (Phi) is 3.88. The number of nitrogen functional groups attached to an aromatic ring is 1. The maximum absolute atomic E-state index is 12.5.